The van der Waals surface area contributed by atoms with Gasteiger partial charge in [-0.3, -0.25) is 0 Å². The van der Waals surface area contributed by atoms with E-state index in [1.54, 1.807) is 30.3 Å². The van der Waals surface area contributed by atoms with Gasteiger partial charge in [-0.15, -0.1) is 0 Å². The summed E-state index contributed by atoms with van der Waals surface area (Å²) in [6, 6.07) is 15.9. The van der Waals surface area contributed by atoms with Gasteiger partial charge in [-0.2, -0.15) is 0 Å². The van der Waals surface area contributed by atoms with Gasteiger partial charge in [-0.1, -0.05) is 60.7 Å². The summed E-state index contributed by atoms with van der Waals surface area (Å²) in [5.74, 6) is -1.30. The molecule has 6 heteroatoms. The lowest BCUT2D eigenvalue weighted by Crippen LogP contribution is -2.49. The third-order valence-corrected chi connectivity index (χ3v) is 3.55. The van der Waals surface area contributed by atoms with Crippen LogP contribution in [0.2, 0.25) is 0 Å². The quantitative estimate of drug-likeness (QED) is 0.622. The molecule has 2 aromatic carbocycles. The van der Waals surface area contributed by atoms with Crippen LogP contribution in [-0.2, 0) is 11.2 Å². The van der Waals surface area contributed by atoms with Crippen LogP contribution >= 0.6 is 0 Å². The number of hydrogen-bond donors (Lipinski definition) is 4. The fourth-order valence-electron chi connectivity index (χ4n) is 2.28. The van der Waals surface area contributed by atoms with Gasteiger partial charge in [-0.25, -0.2) is 9.59 Å². The van der Waals surface area contributed by atoms with E-state index in [1.807, 2.05) is 30.3 Å². The Bertz CT molecular complexity index is 661. The number of carboxylic acid groups (broad SMARTS) is 1. The highest BCUT2D eigenvalue weighted by atomic mass is 16.4. The average Bonchev–Trinajstić information content (AvgIpc) is 2.60. The molecule has 2 rings (SSSR count). The number of aliphatic carboxylic acids is 1. The van der Waals surface area contributed by atoms with E-state index in [9.17, 15) is 19.8 Å². The third-order valence-electron chi connectivity index (χ3n) is 3.55. The van der Waals surface area contributed by atoms with E-state index >= 15 is 0 Å². The van der Waals surface area contributed by atoms with Crippen molar-refractivity contribution in [1.29, 1.82) is 0 Å². The van der Waals surface area contributed by atoms with Crippen LogP contribution in [0.3, 0.4) is 0 Å². The monoisotopic (exact) mass is 328 g/mol. The van der Waals surface area contributed by atoms with Gasteiger partial charge in [0.1, 0.15) is 6.10 Å². The normalized spacial score (nSPS) is 12.9. The molecule has 2 atom stereocenters. The Morgan fingerprint density at radius 1 is 0.958 bits per heavy atom. The zero-order valence-corrected chi connectivity index (χ0v) is 13.1. The molecule has 0 spiro atoms. The van der Waals surface area contributed by atoms with Crippen molar-refractivity contribution in [2.45, 2.75) is 18.6 Å². The lowest BCUT2D eigenvalue weighted by Gasteiger charge is -2.21. The lowest BCUT2D eigenvalue weighted by molar-refractivity contribution is -0.142. The second-order valence-electron chi connectivity index (χ2n) is 5.31. The van der Waals surface area contributed by atoms with Crippen molar-refractivity contribution in [3.05, 3.63) is 71.8 Å². The summed E-state index contributed by atoms with van der Waals surface area (Å²) >= 11 is 0. The van der Waals surface area contributed by atoms with E-state index in [1.165, 1.54) is 0 Å². The average molecular weight is 328 g/mol. The van der Waals surface area contributed by atoms with Crippen LogP contribution in [-0.4, -0.2) is 34.8 Å². The molecule has 0 saturated carbocycles. The maximum Gasteiger partial charge on any atom is 0.329 e. The molecule has 0 aliphatic rings. The van der Waals surface area contributed by atoms with Crippen molar-refractivity contribution in [2.75, 3.05) is 6.54 Å². The minimum Gasteiger partial charge on any atom is -0.480 e. The molecule has 0 heterocycles. The van der Waals surface area contributed by atoms with E-state index in [4.69, 9.17) is 0 Å². The molecule has 0 radical (unpaired) electrons. The van der Waals surface area contributed by atoms with E-state index < -0.39 is 24.1 Å². The number of benzene rings is 2. The molecule has 0 saturated heterocycles. The number of carbonyl (C=O) groups excluding carboxylic acids is 1. The maximum atomic E-state index is 11.9. The SMILES string of the molecule is O=C(NCCc1ccccc1)NC(C(=O)O)C(O)c1ccccc1. The van der Waals surface area contributed by atoms with Gasteiger partial charge >= 0.3 is 12.0 Å². The van der Waals surface area contributed by atoms with Crippen LogP contribution in [0.25, 0.3) is 0 Å². The Morgan fingerprint density at radius 2 is 1.54 bits per heavy atom. The van der Waals surface area contributed by atoms with Crippen molar-refractivity contribution in [1.82, 2.24) is 10.6 Å². The first-order chi connectivity index (χ1) is 11.6. The van der Waals surface area contributed by atoms with Gasteiger partial charge in [0.05, 0.1) is 0 Å². The summed E-state index contributed by atoms with van der Waals surface area (Å²) in [5, 5.41) is 24.3. The largest absolute Gasteiger partial charge is 0.480 e. The second-order valence-corrected chi connectivity index (χ2v) is 5.31. The van der Waals surface area contributed by atoms with Gasteiger partial charge in [0.15, 0.2) is 6.04 Å². The summed E-state index contributed by atoms with van der Waals surface area (Å²) in [4.78, 5) is 23.2. The minimum atomic E-state index is -1.43. The van der Waals surface area contributed by atoms with Gasteiger partial charge in [0.25, 0.3) is 0 Å². The van der Waals surface area contributed by atoms with Gasteiger partial charge in [0, 0.05) is 6.54 Å². The molecule has 2 amide bonds. The number of amides is 2. The van der Waals surface area contributed by atoms with Gasteiger partial charge in [0.2, 0.25) is 0 Å². The van der Waals surface area contributed by atoms with Crippen LogP contribution in [0.1, 0.15) is 17.2 Å². The second kappa shape index (κ2) is 8.69. The Labute approximate surface area is 140 Å². The Hall–Kier alpha value is -2.86. The van der Waals surface area contributed by atoms with E-state index in [0.29, 0.717) is 18.5 Å². The van der Waals surface area contributed by atoms with Crippen molar-refractivity contribution < 1.29 is 19.8 Å². The molecule has 2 unspecified atom stereocenters. The number of hydrogen-bond acceptors (Lipinski definition) is 3. The van der Waals surface area contributed by atoms with E-state index in [-0.39, 0.29) is 0 Å². The van der Waals surface area contributed by atoms with Crippen molar-refractivity contribution >= 4 is 12.0 Å². The third kappa shape index (κ3) is 5.10. The molecule has 6 nitrogen and oxygen atoms in total. The Morgan fingerprint density at radius 3 is 2.12 bits per heavy atom. The van der Waals surface area contributed by atoms with E-state index in [0.717, 1.165) is 5.56 Å². The zero-order valence-electron chi connectivity index (χ0n) is 13.1. The molecule has 126 valence electrons. The molecule has 24 heavy (non-hydrogen) atoms. The van der Waals surface area contributed by atoms with Crippen molar-refractivity contribution in [3.8, 4) is 0 Å². The lowest BCUT2D eigenvalue weighted by atomic mass is 10.0. The standard InChI is InChI=1S/C18H20N2O4/c21-16(14-9-5-2-6-10-14)15(17(22)23)20-18(24)19-12-11-13-7-3-1-4-8-13/h1-10,15-16,21H,11-12H2,(H,22,23)(H2,19,20,24). The molecule has 4 N–H and O–H groups in total. The number of urea groups is 1. The number of aliphatic hydroxyl groups is 1. The topological polar surface area (TPSA) is 98.7 Å². The molecule has 2 aromatic rings. The van der Waals surface area contributed by atoms with E-state index in [2.05, 4.69) is 10.6 Å². The van der Waals surface area contributed by atoms with Crippen LogP contribution in [0.5, 0.6) is 0 Å². The predicted octanol–water partition coefficient (Wildman–Crippen LogP) is 1.72. The fourth-order valence-corrected chi connectivity index (χ4v) is 2.28. The first-order valence-corrected chi connectivity index (χ1v) is 7.62. The van der Waals surface area contributed by atoms with Crippen molar-refractivity contribution in [3.63, 3.8) is 0 Å². The molecule has 0 aliphatic heterocycles. The minimum absolute atomic E-state index is 0.365. The highest BCUT2D eigenvalue weighted by Crippen LogP contribution is 2.16. The number of aliphatic hydroxyl groups excluding tert-OH is 1. The number of nitrogens with one attached hydrogen (secondary N) is 2. The molecule has 0 fully saturated rings. The summed E-state index contributed by atoms with van der Waals surface area (Å²) in [5.41, 5.74) is 1.49. The van der Waals surface area contributed by atoms with Gasteiger partial charge in [-0.05, 0) is 17.5 Å². The number of carbonyl (C=O) groups is 2. The smallest absolute Gasteiger partial charge is 0.329 e. The van der Waals surface area contributed by atoms with Crippen LogP contribution < -0.4 is 10.6 Å². The summed E-state index contributed by atoms with van der Waals surface area (Å²) in [6.45, 7) is 0.365. The summed E-state index contributed by atoms with van der Waals surface area (Å²) in [6.07, 6.45) is -0.698. The highest BCUT2D eigenvalue weighted by molar-refractivity contribution is 5.83. The fraction of sp³-hybridized carbons (Fsp3) is 0.222. The Balaban J connectivity index is 1.88. The molecular formula is C18H20N2O4. The maximum absolute atomic E-state index is 11.9. The van der Waals surface area contributed by atoms with Crippen LogP contribution in [0.4, 0.5) is 4.79 Å². The Kier molecular flexibility index (Phi) is 6.33. The first-order valence-electron chi connectivity index (χ1n) is 7.62. The van der Waals surface area contributed by atoms with Crippen molar-refractivity contribution in [2.24, 2.45) is 0 Å². The predicted molar refractivity (Wildman–Crippen MR) is 89.5 cm³/mol. The summed E-state index contributed by atoms with van der Waals surface area (Å²) in [7, 11) is 0. The highest BCUT2D eigenvalue weighted by Gasteiger charge is 2.29. The number of rotatable bonds is 7. The molecule has 0 bridgehead atoms. The van der Waals surface area contributed by atoms with Crippen LogP contribution in [0.15, 0.2) is 60.7 Å². The van der Waals surface area contributed by atoms with Gasteiger partial charge < -0.3 is 20.8 Å². The number of carboxylic acids is 1. The molecule has 0 aliphatic carbocycles. The molecule has 0 aromatic heterocycles. The first kappa shape index (κ1) is 17.5. The molecular weight excluding hydrogens is 308 g/mol. The zero-order chi connectivity index (χ0) is 17.4. The summed E-state index contributed by atoms with van der Waals surface area (Å²) < 4.78 is 0. The van der Waals surface area contributed by atoms with Crippen LogP contribution in [0, 0.1) is 0 Å².